The Morgan fingerprint density at radius 1 is 1.02 bits per heavy atom. The topological polar surface area (TPSA) is 207 Å². The van der Waals surface area contributed by atoms with E-state index >= 15 is 0 Å². The zero-order valence-corrected chi connectivity index (χ0v) is 23.5. The lowest BCUT2D eigenvalue weighted by atomic mass is 9.40. The molecule has 6 rings (SSSR count). The van der Waals surface area contributed by atoms with E-state index in [0.29, 0.717) is 19.3 Å². The van der Waals surface area contributed by atoms with Gasteiger partial charge in [-0.05, 0) is 56.4 Å². The molecule has 6 aliphatic rings. The molecule has 8 N–H and O–H groups in total. The van der Waals surface area contributed by atoms with Crippen LogP contribution in [-0.2, 0) is 19.0 Å². The Kier molecular flexibility index (Phi) is 7.22. The van der Waals surface area contributed by atoms with Crippen molar-refractivity contribution in [2.24, 2.45) is 28.6 Å². The highest BCUT2D eigenvalue weighted by atomic mass is 16.7. The van der Waals surface area contributed by atoms with Crippen LogP contribution in [0.15, 0.2) is 11.6 Å². The van der Waals surface area contributed by atoms with Gasteiger partial charge < -0.3 is 55.1 Å². The van der Waals surface area contributed by atoms with Crippen molar-refractivity contribution in [3.05, 3.63) is 11.6 Å². The minimum Gasteiger partial charge on any atom is -0.458 e. The first-order valence-corrected chi connectivity index (χ1v) is 14.9. The van der Waals surface area contributed by atoms with Crippen molar-refractivity contribution in [1.82, 2.24) is 0 Å². The fourth-order valence-corrected chi connectivity index (χ4v) is 10.1. The molecule has 0 aromatic rings. The summed E-state index contributed by atoms with van der Waals surface area (Å²) in [5.74, 6) is -1.93. The largest absolute Gasteiger partial charge is 0.458 e. The van der Waals surface area contributed by atoms with E-state index in [0.717, 1.165) is 5.57 Å². The molecule has 10 unspecified atom stereocenters. The normalized spacial score (nSPS) is 56.9. The maximum atomic E-state index is 12.4. The van der Waals surface area contributed by atoms with E-state index < -0.39 is 95.5 Å². The van der Waals surface area contributed by atoms with Crippen LogP contribution in [0.2, 0.25) is 0 Å². The molecule has 0 bridgehead atoms. The Morgan fingerprint density at radius 3 is 2.41 bits per heavy atom. The Bertz CT molecular complexity index is 1080. The second kappa shape index (κ2) is 9.91. The van der Waals surface area contributed by atoms with Crippen LogP contribution in [0.4, 0.5) is 0 Å². The number of carbonyl (C=O) groups excluding carboxylic acids is 1. The van der Waals surface area contributed by atoms with Crippen molar-refractivity contribution in [2.75, 3.05) is 13.2 Å². The Morgan fingerprint density at radius 2 is 1.76 bits per heavy atom. The molecule has 41 heavy (non-hydrogen) atoms. The quantitative estimate of drug-likeness (QED) is 0.140. The van der Waals surface area contributed by atoms with Gasteiger partial charge in [0.05, 0.1) is 47.6 Å². The zero-order valence-electron chi connectivity index (χ0n) is 23.5. The minimum atomic E-state index is -1.67. The standard InChI is InChI=1S/C29H44O12/c1-13-22(34)23(35)24(36)25(40-13)41-15-8-19(32)28(12-30)21-17(3-5-27(28,37)9-15)29(38)6-4-16(14-7-20(33)39-11-14)26(29,2)10-18(21)31/h7,13,15-19,21-25,30-32,34-38H,3-6,8-12H2,1-2H3/t13?,15-,16+,17?,18+,19+,21+,22?,23?,24?,25?,26?,27?,28?,29?/m0/s1. The van der Waals surface area contributed by atoms with Crippen LogP contribution in [0, 0.1) is 28.6 Å². The number of carbonyl (C=O) groups is 1. The van der Waals surface area contributed by atoms with Gasteiger partial charge in [0.2, 0.25) is 0 Å². The molecule has 2 heterocycles. The molecular weight excluding hydrogens is 540 g/mol. The van der Waals surface area contributed by atoms with Gasteiger partial charge in [-0.15, -0.1) is 0 Å². The summed E-state index contributed by atoms with van der Waals surface area (Å²) in [7, 11) is 0. The predicted octanol–water partition coefficient (Wildman–Crippen LogP) is -1.51. The third-order valence-corrected chi connectivity index (χ3v) is 12.2. The van der Waals surface area contributed by atoms with Gasteiger partial charge in [0, 0.05) is 30.3 Å². The summed E-state index contributed by atoms with van der Waals surface area (Å²) in [6, 6.07) is 0. The lowest BCUT2D eigenvalue weighted by molar-refractivity contribution is -0.342. The molecule has 12 heteroatoms. The summed E-state index contributed by atoms with van der Waals surface area (Å²) < 4.78 is 16.7. The molecule has 0 aromatic carbocycles. The Balaban J connectivity index is 1.28. The predicted molar refractivity (Wildman–Crippen MR) is 139 cm³/mol. The van der Waals surface area contributed by atoms with E-state index in [9.17, 15) is 45.6 Å². The lowest BCUT2D eigenvalue weighted by Gasteiger charge is -2.68. The molecule has 232 valence electrons. The second-order valence-electron chi connectivity index (χ2n) is 13.8. The SMILES string of the molecule is CC1OC(O[C@H]2C[C@@H](O)C3(CO)[C@@H]4C(CCC3(O)C2)C2(O)CC[C@H](C3=CC(=O)OC3)C2(C)C[C@H]4O)C(O)C(O)C1O. The number of hydrogen-bond acceptors (Lipinski definition) is 12. The van der Waals surface area contributed by atoms with Crippen LogP contribution in [-0.4, -0.2) is 120 Å². The smallest absolute Gasteiger partial charge is 0.331 e. The van der Waals surface area contributed by atoms with Crippen LogP contribution in [0.25, 0.3) is 0 Å². The zero-order chi connectivity index (χ0) is 29.7. The summed E-state index contributed by atoms with van der Waals surface area (Å²) in [6.45, 7) is 3.00. The summed E-state index contributed by atoms with van der Waals surface area (Å²) in [6.07, 6.45) is -6.68. The van der Waals surface area contributed by atoms with Gasteiger partial charge in [-0.1, -0.05) is 6.92 Å². The van der Waals surface area contributed by atoms with Crippen LogP contribution >= 0.6 is 0 Å². The van der Waals surface area contributed by atoms with Gasteiger partial charge in [-0.2, -0.15) is 0 Å². The van der Waals surface area contributed by atoms with Crippen molar-refractivity contribution < 1.29 is 59.9 Å². The Labute approximate surface area is 238 Å². The average Bonchev–Trinajstić information content (AvgIpc) is 3.45. The molecule has 12 nitrogen and oxygen atoms in total. The molecular formula is C29H44O12. The number of esters is 1. The number of fused-ring (bicyclic) bond motifs is 5. The van der Waals surface area contributed by atoms with Crippen molar-refractivity contribution in [2.45, 2.75) is 119 Å². The lowest BCUT2D eigenvalue weighted by Crippen LogP contribution is -2.76. The highest BCUT2D eigenvalue weighted by molar-refractivity contribution is 5.85. The number of cyclic esters (lactones) is 1. The fourth-order valence-electron chi connectivity index (χ4n) is 10.1. The van der Waals surface area contributed by atoms with E-state index in [1.807, 2.05) is 6.92 Å². The molecule has 2 aliphatic heterocycles. The maximum absolute atomic E-state index is 12.4. The van der Waals surface area contributed by atoms with Crippen molar-refractivity contribution in [1.29, 1.82) is 0 Å². The van der Waals surface area contributed by atoms with E-state index in [2.05, 4.69) is 0 Å². The van der Waals surface area contributed by atoms with E-state index in [1.54, 1.807) is 0 Å². The molecule has 15 atom stereocenters. The maximum Gasteiger partial charge on any atom is 0.331 e. The van der Waals surface area contributed by atoms with Crippen LogP contribution < -0.4 is 0 Å². The number of ether oxygens (including phenoxy) is 3. The highest BCUT2D eigenvalue weighted by Crippen LogP contribution is 2.70. The average molecular weight is 585 g/mol. The van der Waals surface area contributed by atoms with E-state index in [4.69, 9.17) is 14.2 Å². The monoisotopic (exact) mass is 584 g/mol. The summed E-state index contributed by atoms with van der Waals surface area (Å²) in [5, 5.41) is 89.6. The number of aliphatic hydroxyl groups is 8. The molecule has 0 radical (unpaired) electrons. The van der Waals surface area contributed by atoms with Gasteiger partial charge >= 0.3 is 5.97 Å². The summed E-state index contributed by atoms with van der Waals surface area (Å²) in [4.78, 5) is 11.8. The van der Waals surface area contributed by atoms with Crippen molar-refractivity contribution in [3.63, 3.8) is 0 Å². The Hall–Kier alpha value is -1.19. The molecule has 0 spiro atoms. The second-order valence-corrected chi connectivity index (χ2v) is 13.8. The van der Waals surface area contributed by atoms with Crippen LogP contribution in [0.3, 0.4) is 0 Å². The van der Waals surface area contributed by atoms with E-state index in [1.165, 1.54) is 13.0 Å². The van der Waals surface area contributed by atoms with Gasteiger partial charge in [0.1, 0.15) is 24.9 Å². The molecule has 1 saturated heterocycles. The molecule has 0 aromatic heterocycles. The minimum absolute atomic E-state index is 0.0369. The van der Waals surface area contributed by atoms with E-state index in [-0.39, 0.29) is 38.2 Å². The van der Waals surface area contributed by atoms with Gasteiger partial charge in [-0.25, -0.2) is 4.79 Å². The first-order chi connectivity index (χ1) is 19.2. The summed E-state index contributed by atoms with van der Waals surface area (Å²) in [5.41, 5.74) is -4.46. The number of aliphatic hydroxyl groups excluding tert-OH is 6. The van der Waals surface area contributed by atoms with Gasteiger partial charge in [-0.3, -0.25) is 0 Å². The van der Waals surface area contributed by atoms with Crippen molar-refractivity contribution in [3.8, 4) is 0 Å². The molecule has 0 amide bonds. The first-order valence-electron chi connectivity index (χ1n) is 14.9. The molecule has 5 fully saturated rings. The third kappa shape index (κ3) is 3.99. The fraction of sp³-hybridized carbons (Fsp3) is 0.897. The van der Waals surface area contributed by atoms with Crippen LogP contribution in [0.1, 0.15) is 58.8 Å². The van der Waals surface area contributed by atoms with Gasteiger partial charge in [0.15, 0.2) is 6.29 Å². The molecule has 4 aliphatic carbocycles. The van der Waals surface area contributed by atoms with Crippen LogP contribution in [0.5, 0.6) is 0 Å². The number of hydrogen-bond donors (Lipinski definition) is 8. The van der Waals surface area contributed by atoms with Gasteiger partial charge in [0.25, 0.3) is 0 Å². The van der Waals surface area contributed by atoms with Crippen molar-refractivity contribution >= 4 is 5.97 Å². The first kappa shape index (κ1) is 29.9. The summed E-state index contributed by atoms with van der Waals surface area (Å²) >= 11 is 0. The highest BCUT2D eigenvalue weighted by Gasteiger charge is 2.75. The number of rotatable bonds is 4. The molecule has 4 saturated carbocycles. The third-order valence-electron chi connectivity index (χ3n) is 12.2.